The molecule has 1 saturated heterocycles. The molecule has 0 aromatic heterocycles. The van der Waals surface area contributed by atoms with Crippen LogP contribution in [-0.4, -0.2) is 51.5 Å². The largest absolute Gasteiger partial charge is 0.504 e. The van der Waals surface area contributed by atoms with Gasteiger partial charge in [0.05, 0.1) is 5.60 Å². The number of benzene rings is 1. The van der Waals surface area contributed by atoms with Gasteiger partial charge < -0.3 is 20.1 Å². The van der Waals surface area contributed by atoms with Crippen LogP contribution in [0.1, 0.15) is 12.5 Å². The molecular weight excluding hydrogens is 250 g/mol. The Morgan fingerprint density at radius 1 is 1.37 bits per heavy atom. The Bertz CT molecular complexity index is 482. The van der Waals surface area contributed by atoms with Crippen LogP contribution in [0.15, 0.2) is 18.2 Å². The number of carboxylic acids is 1. The summed E-state index contributed by atoms with van der Waals surface area (Å²) in [6, 6.07) is 4.70. The van der Waals surface area contributed by atoms with Gasteiger partial charge in [0.15, 0.2) is 11.5 Å². The first kappa shape index (κ1) is 13.6. The van der Waals surface area contributed by atoms with E-state index in [2.05, 4.69) is 4.90 Å². The molecule has 0 aliphatic carbocycles. The Kier molecular flexibility index (Phi) is 3.64. The molecule has 1 fully saturated rings. The van der Waals surface area contributed by atoms with E-state index in [0.717, 1.165) is 5.56 Å². The molecule has 0 amide bonds. The van der Waals surface area contributed by atoms with Crippen molar-refractivity contribution < 1.29 is 24.9 Å². The Morgan fingerprint density at radius 2 is 2.05 bits per heavy atom. The summed E-state index contributed by atoms with van der Waals surface area (Å²) in [5.74, 6) is -1.24. The van der Waals surface area contributed by atoms with Crippen LogP contribution < -0.4 is 0 Å². The van der Waals surface area contributed by atoms with E-state index in [4.69, 9.17) is 9.84 Å². The lowest BCUT2D eigenvalue weighted by atomic mass is 9.95. The Morgan fingerprint density at radius 3 is 2.63 bits per heavy atom. The van der Waals surface area contributed by atoms with Gasteiger partial charge in [-0.15, -0.1) is 0 Å². The highest BCUT2D eigenvalue weighted by molar-refractivity contribution is 5.68. The Labute approximate surface area is 110 Å². The topological polar surface area (TPSA) is 90.2 Å². The fourth-order valence-electron chi connectivity index (χ4n) is 2.26. The van der Waals surface area contributed by atoms with Gasteiger partial charge >= 0.3 is 5.97 Å². The van der Waals surface area contributed by atoms with Gasteiger partial charge in [0, 0.05) is 19.6 Å². The van der Waals surface area contributed by atoms with Crippen LogP contribution in [0.5, 0.6) is 11.5 Å². The summed E-state index contributed by atoms with van der Waals surface area (Å²) in [6.07, 6.45) is 0. The number of nitrogens with zero attached hydrogens (tertiary/aromatic N) is 1. The molecule has 6 nitrogen and oxygen atoms in total. The molecule has 1 heterocycles. The maximum atomic E-state index is 10.4. The first-order valence-corrected chi connectivity index (χ1v) is 5.97. The second-order valence-electron chi connectivity index (χ2n) is 5.10. The number of carbonyl (C=O) groups is 1. The predicted molar refractivity (Wildman–Crippen MR) is 67.0 cm³/mol. The van der Waals surface area contributed by atoms with Gasteiger partial charge in [0.25, 0.3) is 0 Å². The van der Waals surface area contributed by atoms with Crippen molar-refractivity contribution in [3.8, 4) is 11.5 Å². The van der Waals surface area contributed by atoms with Crippen molar-refractivity contribution in [2.24, 2.45) is 0 Å². The van der Waals surface area contributed by atoms with Crippen molar-refractivity contribution in [1.82, 2.24) is 4.90 Å². The fourth-order valence-corrected chi connectivity index (χ4v) is 2.26. The maximum absolute atomic E-state index is 10.4. The maximum Gasteiger partial charge on any atom is 0.329 e. The highest BCUT2D eigenvalue weighted by Crippen LogP contribution is 2.29. The van der Waals surface area contributed by atoms with Crippen LogP contribution in [0.3, 0.4) is 0 Å². The van der Waals surface area contributed by atoms with Crippen molar-refractivity contribution in [2.75, 3.05) is 19.7 Å². The average Bonchev–Trinajstić information content (AvgIpc) is 2.29. The molecule has 1 aromatic carbocycles. The lowest BCUT2D eigenvalue weighted by Gasteiger charge is -2.47. The number of ether oxygens (including phenoxy) is 1. The first-order valence-electron chi connectivity index (χ1n) is 5.97. The minimum Gasteiger partial charge on any atom is -0.504 e. The standard InChI is InChI=1S/C13H17NO5/c1-13(19-6-12(17)18)7-14(8-13)5-9-2-3-10(15)11(16)4-9/h2-4,15-16H,5-8H2,1H3,(H,17,18). The van der Waals surface area contributed by atoms with Gasteiger partial charge in [-0.1, -0.05) is 6.07 Å². The molecule has 0 atom stereocenters. The van der Waals surface area contributed by atoms with E-state index in [0.29, 0.717) is 19.6 Å². The summed E-state index contributed by atoms with van der Waals surface area (Å²) in [6.45, 7) is 3.49. The smallest absolute Gasteiger partial charge is 0.329 e. The van der Waals surface area contributed by atoms with Crippen LogP contribution >= 0.6 is 0 Å². The van der Waals surface area contributed by atoms with Gasteiger partial charge in [-0.2, -0.15) is 0 Å². The SMILES string of the molecule is CC1(OCC(=O)O)CN(Cc2ccc(O)c(O)c2)C1. The van der Waals surface area contributed by atoms with Gasteiger partial charge in [-0.05, 0) is 24.6 Å². The monoisotopic (exact) mass is 267 g/mol. The summed E-state index contributed by atoms with van der Waals surface area (Å²) in [5.41, 5.74) is 0.466. The van der Waals surface area contributed by atoms with E-state index in [-0.39, 0.29) is 18.1 Å². The summed E-state index contributed by atoms with van der Waals surface area (Å²) in [7, 11) is 0. The van der Waals surface area contributed by atoms with Gasteiger partial charge in [0.1, 0.15) is 6.61 Å². The van der Waals surface area contributed by atoms with Crippen molar-refractivity contribution in [1.29, 1.82) is 0 Å². The van der Waals surface area contributed by atoms with E-state index in [9.17, 15) is 15.0 Å². The number of phenolic OH excluding ortho intramolecular Hbond substituents is 2. The Balaban J connectivity index is 1.84. The molecule has 0 saturated carbocycles. The molecule has 104 valence electrons. The number of hydrogen-bond donors (Lipinski definition) is 3. The summed E-state index contributed by atoms with van der Waals surface area (Å²) >= 11 is 0. The van der Waals surface area contributed by atoms with Crippen molar-refractivity contribution >= 4 is 5.97 Å². The molecular formula is C13H17NO5. The van der Waals surface area contributed by atoms with Crippen molar-refractivity contribution in [3.63, 3.8) is 0 Å². The van der Waals surface area contributed by atoms with Crippen LogP contribution in [0.2, 0.25) is 0 Å². The quantitative estimate of drug-likeness (QED) is 0.683. The van der Waals surface area contributed by atoms with Crippen molar-refractivity contribution in [3.05, 3.63) is 23.8 Å². The zero-order valence-electron chi connectivity index (χ0n) is 10.7. The summed E-state index contributed by atoms with van der Waals surface area (Å²) in [4.78, 5) is 12.5. The number of aromatic hydroxyl groups is 2. The first-order chi connectivity index (χ1) is 8.88. The molecule has 0 spiro atoms. The number of phenols is 2. The molecule has 19 heavy (non-hydrogen) atoms. The molecule has 3 N–H and O–H groups in total. The van der Waals surface area contributed by atoms with E-state index >= 15 is 0 Å². The minimum absolute atomic E-state index is 0.136. The highest BCUT2D eigenvalue weighted by atomic mass is 16.5. The van der Waals surface area contributed by atoms with Gasteiger partial charge in [0.2, 0.25) is 0 Å². The minimum atomic E-state index is -0.969. The van der Waals surface area contributed by atoms with E-state index in [1.54, 1.807) is 6.07 Å². The number of hydrogen-bond acceptors (Lipinski definition) is 5. The Hall–Kier alpha value is -1.79. The van der Waals surface area contributed by atoms with Crippen LogP contribution in [0.4, 0.5) is 0 Å². The van der Waals surface area contributed by atoms with Crippen LogP contribution in [0, 0.1) is 0 Å². The number of likely N-dealkylation sites (tertiary alicyclic amines) is 1. The molecule has 1 aromatic rings. The van der Waals surface area contributed by atoms with Gasteiger partial charge in [-0.3, -0.25) is 4.90 Å². The second-order valence-corrected chi connectivity index (χ2v) is 5.10. The zero-order chi connectivity index (χ0) is 14.0. The van der Waals surface area contributed by atoms with E-state index < -0.39 is 11.6 Å². The third-order valence-corrected chi connectivity index (χ3v) is 3.11. The normalized spacial score (nSPS) is 17.9. The lowest BCUT2D eigenvalue weighted by molar-refractivity contribution is -0.165. The molecule has 0 radical (unpaired) electrons. The number of aliphatic carboxylic acids is 1. The molecule has 2 rings (SSSR count). The molecule has 1 aliphatic heterocycles. The zero-order valence-corrected chi connectivity index (χ0v) is 10.7. The van der Waals surface area contributed by atoms with E-state index in [1.807, 2.05) is 6.92 Å². The van der Waals surface area contributed by atoms with E-state index in [1.165, 1.54) is 12.1 Å². The fraction of sp³-hybridized carbons (Fsp3) is 0.462. The molecule has 0 unspecified atom stereocenters. The summed E-state index contributed by atoms with van der Waals surface area (Å²) < 4.78 is 5.31. The third kappa shape index (κ3) is 3.36. The third-order valence-electron chi connectivity index (χ3n) is 3.11. The predicted octanol–water partition coefficient (Wildman–Crippen LogP) is 0.773. The second kappa shape index (κ2) is 5.07. The van der Waals surface area contributed by atoms with Crippen LogP contribution in [-0.2, 0) is 16.1 Å². The molecule has 0 bridgehead atoms. The molecule has 1 aliphatic rings. The van der Waals surface area contributed by atoms with Crippen molar-refractivity contribution in [2.45, 2.75) is 19.1 Å². The van der Waals surface area contributed by atoms with Crippen LogP contribution in [0.25, 0.3) is 0 Å². The summed E-state index contributed by atoms with van der Waals surface area (Å²) in [5, 5.41) is 27.2. The number of carboxylic acid groups (broad SMARTS) is 1. The lowest BCUT2D eigenvalue weighted by Crippen LogP contribution is -2.61. The average molecular weight is 267 g/mol. The number of rotatable bonds is 5. The molecule has 6 heteroatoms. The highest BCUT2D eigenvalue weighted by Gasteiger charge is 2.39. The van der Waals surface area contributed by atoms with Gasteiger partial charge in [-0.25, -0.2) is 4.79 Å².